The minimum Gasteiger partial charge on any atom is -0.205 e. The van der Waals surface area contributed by atoms with Gasteiger partial charge in [0.1, 0.15) is 5.82 Å². The number of fused-ring (bicyclic) bond motifs is 1. The highest BCUT2D eigenvalue weighted by molar-refractivity contribution is 9.10. The number of aryl methyl sites for hydroxylation is 1. The van der Waals surface area contributed by atoms with E-state index in [0.717, 1.165) is 26.5 Å². The molecule has 0 aliphatic heterocycles. The van der Waals surface area contributed by atoms with E-state index >= 15 is 0 Å². The molecule has 0 atom stereocenters. The zero-order chi connectivity index (χ0) is 9.42. The normalized spacial score (nSPS) is 11.0. The molecule has 1 heterocycles. The molecule has 0 saturated heterocycles. The van der Waals surface area contributed by atoms with Gasteiger partial charge in [-0.3, -0.25) is 0 Å². The summed E-state index contributed by atoms with van der Waals surface area (Å²) in [5, 5.41) is 2.35. The lowest BCUT2D eigenvalue weighted by Gasteiger charge is -2.02. The van der Waals surface area contributed by atoms with Gasteiger partial charge in [-0.1, -0.05) is 22.9 Å². The molecule has 0 fully saturated rings. The van der Waals surface area contributed by atoms with E-state index in [-0.39, 0.29) is 5.82 Å². The molecular weight excluding hydrogens is 251 g/mol. The first kappa shape index (κ1) is 9.16. The summed E-state index contributed by atoms with van der Waals surface area (Å²) >= 11 is 4.89. The quantitative estimate of drug-likeness (QED) is 0.713. The molecule has 0 spiro atoms. The lowest BCUT2D eigenvalue weighted by Crippen LogP contribution is -1.84. The van der Waals surface area contributed by atoms with Gasteiger partial charge in [0.05, 0.1) is 0 Å². The lowest BCUT2D eigenvalue weighted by molar-refractivity contribution is 0.643. The van der Waals surface area contributed by atoms with E-state index in [1.54, 1.807) is 5.38 Å². The van der Waals surface area contributed by atoms with E-state index < -0.39 is 0 Å². The molecule has 0 saturated carbocycles. The van der Waals surface area contributed by atoms with Crippen molar-refractivity contribution in [1.82, 2.24) is 0 Å². The SMILES string of the molecule is CCc1c(Br)ccc2scc(F)c12. The number of thiophene rings is 1. The summed E-state index contributed by atoms with van der Waals surface area (Å²) in [6.45, 7) is 2.04. The van der Waals surface area contributed by atoms with Crippen molar-refractivity contribution in [3.8, 4) is 0 Å². The molecule has 0 bridgehead atoms. The molecule has 2 rings (SSSR count). The molecule has 0 aliphatic carbocycles. The van der Waals surface area contributed by atoms with Crippen LogP contribution in [-0.4, -0.2) is 0 Å². The second kappa shape index (κ2) is 3.39. The van der Waals surface area contributed by atoms with Gasteiger partial charge in [0.15, 0.2) is 0 Å². The van der Waals surface area contributed by atoms with Crippen LogP contribution in [0.3, 0.4) is 0 Å². The molecular formula is C10H8BrFS. The first-order valence-corrected chi connectivity index (χ1v) is 5.75. The van der Waals surface area contributed by atoms with Crippen molar-refractivity contribution in [1.29, 1.82) is 0 Å². The van der Waals surface area contributed by atoms with Crippen LogP contribution in [0.4, 0.5) is 4.39 Å². The van der Waals surface area contributed by atoms with Crippen LogP contribution in [0.15, 0.2) is 22.0 Å². The average Bonchev–Trinajstić information content (AvgIpc) is 2.49. The fourth-order valence-electron chi connectivity index (χ4n) is 1.48. The molecule has 0 nitrogen and oxygen atoms in total. The van der Waals surface area contributed by atoms with Crippen molar-refractivity contribution in [2.45, 2.75) is 13.3 Å². The molecule has 1 aromatic heterocycles. The summed E-state index contributed by atoms with van der Waals surface area (Å²) < 4.78 is 15.4. The van der Waals surface area contributed by atoms with Crippen molar-refractivity contribution in [3.63, 3.8) is 0 Å². The number of rotatable bonds is 1. The summed E-state index contributed by atoms with van der Waals surface area (Å²) in [6, 6.07) is 3.93. The van der Waals surface area contributed by atoms with Crippen LogP contribution in [0, 0.1) is 5.82 Å². The van der Waals surface area contributed by atoms with Crippen LogP contribution >= 0.6 is 27.3 Å². The standard InChI is InChI=1S/C10H8BrFS/c1-2-6-7(11)3-4-9-10(6)8(12)5-13-9/h3-5H,2H2,1H3. The van der Waals surface area contributed by atoms with Crippen molar-refractivity contribution < 1.29 is 4.39 Å². The van der Waals surface area contributed by atoms with Crippen LogP contribution in [-0.2, 0) is 6.42 Å². The predicted molar refractivity (Wildman–Crippen MR) is 58.9 cm³/mol. The second-order valence-electron chi connectivity index (χ2n) is 2.84. The molecule has 0 N–H and O–H groups in total. The number of hydrogen-bond acceptors (Lipinski definition) is 1. The third kappa shape index (κ3) is 1.40. The first-order chi connectivity index (χ1) is 6.24. The van der Waals surface area contributed by atoms with Gasteiger partial charge in [-0.15, -0.1) is 11.3 Å². The predicted octanol–water partition coefficient (Wildman–Crippen LogP) is 4.37. The Morgan fingerprint density at radius 3 is 2.92 bits per heavy atom. The summed E-state index contributed by atoms with van der Waals surface area (Å²) in [7, 11) is 0. The molecule has 0 unspecified atom stereocenters. The fourth-order valence-corrected chi connectivity index (χ4v) is 2.92. The zero-order valence-electron chi connectivity index (χ0n) is 7.10. The highest BCUT2D eigenvalue weighted by Gasteiger charge is 2.09. The van der Waals surface area contributed by atoms with Crippen molar-refractivity contribution in [2.24, 2.45) is 0 Å². The van der Waals surface area contributed by atoms with Gasteiger partial charge in [-0.25, -0.2) is 4.39 Å². The first-order valence-electron chi connectivity index (χ1n) is 4.08. The number of hydrogen-bond donors (Lipinski definition) is 0. The maximum atomic E-state index is 13.4. The van der Waals surface area contributed by atoms with Crippen LogP contribution in [0.5, 0.6) is 0 Å². The minimum atomic E-state index is -0.0989. The van der Waals surface area contributed by atoms with E-state index in [2.05, 4.69) is 15.9 Å². The minimum absolute atomic E-state index is 0.0989. The maximum absolute atomic E-state index is 13.4. The summed E-state index contributed by atoms with van der Waals surface area (Å²) in [5.41, 5.74) is 1.07. The van der Waals surface area contributed by atoms with Gasteiger partial charge in [0, 0.05) is 19.9 Å². The van der Waals surface area contributed by atoms with Gasteiger partial charge >= 0.3 is 0 Å². The van der Waals surface area contributed by atoms with Gasteiger partial charge in [-0.2, -0.15) is 0 Å². The van der Waals surface area contributed by atoms with Crippen LogP contribution in [0.1, 0.15) is 12.5 Å². The number of benzene rings is 1. The van der Waals surface area contributed by atoms with E-state index in [9.17, 15) is 4.39 Å². The van der Waals surface area contributed by atoms with Crippen LogP contribution in [0.2, 0.25) is 0 Å². The highest BCUT2D eigenvalue weighted by atomic mass is 79.9. The largest absolute Gasteiger partial charge is 0.205 e. The molecule has 1 aromatic carbocycles. The summed E-state index contributed by atoms with van der Waals surface area (Å²) in [4.78, 5) is 0. The monoisotopic (exact) mass is 258 g/mol. The third-order valence-corrected chi connectivity index (χ3v) is 3.76. The van der Waals surface area contributed by atoms with Crippen molar-refractivity contribution in [3.05, 3.63) is 33.4 Å². The molecule has 13 heavy (non-hydrogen) atoms. The Morgan fingerprint density at radius 2 is 2.23 bits per heavy atom. The van der Waals surface area contributed by atoms with Crippen molar-refractivity contribution in [2.75, 3.05) is 0 Å². The molecule has 0 radical (unpaired) electrons. The summed E-state index contributed by atoms with van der Waals surface area (Å²) in [6.07, 6.45) is 0.853. The van der Waals surface area contributed by atoms with E-state index in [1.807, 2.05) is 19.1 Å². The van der Waals surface area contributed by atoms with Gasteiger partial charge in [0.2, 0.25) is 0 Å². The van der Waals surface area contributed by atoms with Gasteiger partial charge in [-0.05, 0) is 24.1 Å². The molecule has 3 heteroatoms. The number of halogens is 2. The third-order valence-electron chi connectivity index (χ3n) is 2.10. The van der Waals surface area contributed by atoms with Gasteiger partial charge < -0.3 is 0 Å². The Morgan fingerprint density at radius 1 is 1.46 bits per heavy atom. The Balaban J connectivity index is 2.88. The Bertz CT molecular complexity index is 447. The van der Waals surface area contributed by atoms with E-state index in [4.69, 9.17) is 0 Å². The van der Waals surface area contributed by atoms with E-state index in [1.165, 1.54) is 11.3 Å². The molecule has 0 aliphatic rings. The zero-order valence-corrected chi connectivity index (χ0v) is 9.51. The topological polar surface area (TPSA) is 0 Å². The lowest BCUT2D eigenvalue weighted by atomic mass is 10.1. The van der Waals surface area contributed by atoms with E-state index in [0.29, 0.717) is 0 Å². The molecule has 68 valence electrons. The van der Waals surface area contributed by atoms with Gasteiger partial charge in [0.25, 0.3) is 0 Å². The Kier molecular flexibility index (Phi) is 2.39. The Labute approximate surface area is 88.5 Å². The van der Waals surface area contributed by atoms with Crippen LogP contribution in [0.25, 0.3) is 10.1 Å². The van der Waals surface area contributed by atoms with Crippen LogP contribution < -0.4 is 0 Å². The summed E-state index contributed by atoms with van der Waals surface area (Å²) in [5.74, 6) is -0.0989. The highest BCUT2D eigenvalue weighted by Crippen LogP contribution is 2.32. The fraction of sp³-hybridized carbons (Fsp3) is 0.200. The Hall–Kier alpha value is -0.410. The molecule has 0 amide bonds. The maximum Gasteiger partial charge on any atom is 0.142 e. The smallest absolute Gasteiger partial charge is 0.142 e. The second-order valence-corrected chi connectivity index (χ2v) is 4.60. The average molecular weight is 259 g/mol. The molecule has 2 aromatic rings. The van der Waals surface area contributed by atoms with Crippen molar-refractivity contribution >= 4 is 37.4 Å².